The van der Waals surface area contributed by atoms with Crippen LogP contribution in [-0.4, -0.2) is 37.6 Å². The molecule has 0 fully saturated rings. The average molecular weight is 271 g/mol. The van der Waals surface area contributed by atoms with Gasteiger partial charge in [0, 0.05) is 27.1 Å². The Morgan fingerprint density at radius 2 is 2.11 bits per heavy atom. The fourth-order valence-electron chi connectivity index (χ4n) is 1.58. The number of anilines is 1. The van der Waals surface area contributed by atoms with Gasteiger partial charge < -0.3 is 15.3 Å². The van der Waals surface area contributed by atoms with Gasteiger partial charge in [-0.25, -0.2) is 4.79 Å². The molecule has 2 N–H and O–H groups in total. The fourth-order valence-corrected chi connectivity index (χ4v) is 1.90. The molecule has 0 saturated heterocycles. The van der Waals surface area contributed by atoms with Crippen molar-refractivity contribution in [1.82, 2.24) is 5.32 Å². The normalized spacial score (nSPS) is 9.94. The molecule has 0 bridgehead atoms. The van der Waals surface area contributed by atoms with Crippen molar-refractivity contribution in [3.8, 4) is 0 Å². The standard InChI is InChI=1S/C12H15ClN2O3/c1-14-10(16)6-7-15(2)11-8(12(17)18)4-3-5-9(11)13/h3-5H,6-7H2,1-2H3,(H,14,16)(H,17,18). The predicted molar refractivity (Wildman–Crippen MR) is 70.4 cm³/mol. The number of hydrogen-bond acceptors (Lipinski definition) is 3. The van der Waals surface area contributed by atoms with Crippen LogP contribution in [0, 0.1) is 0 Å². The first kappa shape index (κ1) is 14.3. The molecule has 0 aliphatic heterocycles. The highest BCUT2D eigenvalue weighted by molar-refractivity contribution is 6.34. The highest BCUT2D eigenvalue weighted by atomic mass is 35.5. The first-order chi connectivity index (χ1) is 8.47. The SMILES string of the molecule is CNC(=O)CCN(C)c1c(Cl)cccc1C(=O)O. The monoisotopic (exact) mass is 270 g/mol. The number of benzene rings is 1. The van der Waals surface area contributed by atoms with Crippen LogP contribution in [0.25, 0.3) is 0 Å². The van der Waals surface area contributed by atoms with E-state index >= 15 is 0 Å². The van der Waals surface area contributed by atoms with Gasteiger partial charge >= 0.3 is 5.97 Å². The third-order valence-electron chi connectivity index (χ3n) is 2.55. The first-order valence-electron chi connectivity index (χ1n) is 5.41. The largest absolute Gasteiger partial charge is 0.478 e. The van der Waals surface area contributed by atoms with Crippen LogP contribution in [0.4, 0.5) is 5.69 Å². The topological polar surface area (TPSA) is 69.6 Å². The van der Waals surface area contributed by atoms with Crippen LogP contribution in [0.5, 0.6) is 0 Å². The summed E-state index contributed by atoms with van der Waals surface area (Å²) in [5.41, 5.74) is 0.553. The highest BCUT2D eigenvalue weighted by Gasteiger charge is 2.17. The molecule has 0 heterocycles. The van der Waals surface area contributed by atoms with E-state index in [1.165, 1.54) is 6.07 Å². The summed E-state index contributed by atoms with van der Waals surface area (Å²) in [6.45, 7) is 0.393. The number of nitrogens with zero attached hydrogens (tertiary/aromatic N) is 1. The van der Waals surface area contributed by atoms with E-state index in [0.717, 1.165) is 0 Å². The quantitative estimate of drug-likeness (QED) is 0.853. The third-order valence-corrected chi connectivity index (χ3v) is 2.86. The molecule has 6 heteroatoms. The van der Waals surface area contributed by atoms with Crippen molar-refractivity contribution in [3.63, 3.8) is 0 Å². The maximum absolute atomic E-state index is 11.2. The molecule has 0 aliphatic carbocycles. The number of nitrogens with one attached hydrogen (secondary N) is 1. The lowest BCUT2D eigenvalue weighted by atomic mass is 10.1. The lowest BCUT2D eigenvalue weighted by molar-refractivity contribution is -0.120. The smallest absolute Gasteiger partial charge is 0.337 e. The second-order valence-corrected chi connectivity index (χ2v) is 4.19. The van der Waals surface area contributed by atoms with Gasteiger partial charge in [-0.2, -0.15) is 0 Å². The molecule has 0 radical (unpaired) electrons. The van der Waals surface area contributed by atoms with Gasteiger partial charge in [0.2, 0.25) is 5.91 Å². The van der Waals surface area contributed by atoms with Crippen molar-refractivity contribution in [2.45, 2.75) is 6.42 Å². The lowest BCUT2D eigenvalue weighted by Gasteiger charge is -2.22. The molecule has 1 amide bonds. The molecular weight excluding hydrogens is 256 g/mol. The maximum atomic E-state index is 11.2. The van der Waals surface area contributed by atoms with E-state index in [-0.39, 0.29) is 17.9 Å². The summed E-state index contributed by atoms with van der Waals surface area (Å²) in [5.74, 6) is -1.15. The molecule has 0 unspecified atom stereocenters. The number of amides is 1. The second kappa shape index (κ2) is 6.26. The van der Waals surface area contributed by atoms with E-state index in [4.69, 9.17) is 16.7 Å². The van der Waals surface area contributed by atoms with Crippen LogP contribution < -0.4 is 10.2 Å². The van der Waals surface area contributed by atoms with Crippen molar-refractivity contribution < 1.29 is 14.7 Å². The van der Waals surface area contributed by atoms with Crippen LogP contribution >= 0.6 is 11.6 Å². The van der Waals surface area contributed by atoms with Crippen molar-refractivity contribution in [3.05, 3.63) is 28.8 Å². The zero-order valence-corrected chi connectivity index (χ0v) is 11.0. The Kier molecular flexibility index (Phi) is 4.97. The number of carboxylic acids is 1. The Morgan fingerprint density at radius 1 is 1.44 bits per heavy atom. The number of hydrogen-bond donors (Lipinski definition) is 2. The summed E-state index contributed by atoms with van der Waals surface area (Å²) in [5, 5.41) is 12.0. The highest BCUT2D eigenvalue weighted by Crippen LogP contribution is 2.29. The Balaban J connectivity index is 2.94. The van der Waals surface area contributed by atoms with E-state index in [9.17, 15) is 9.59 Å². The summed E-state index contributed by atoms with van der Waals surface area (Å²) in [6, 6.07) is 4.70. The van der Waals surface area contributed by atoms with Crippen molar-refractivity contribution in [1.29, 1.82) is 0 Å². The van der Waals surface area contributed by atoms with Gasteiger partial charge in [-0.3, -0.25) is 4.79 Å². The van der Waals surface area contributed by atoms with E-state index < -0.39 is 5.97 Å². The van der Waals surface area contributed by atoms with Gasteiger partial charge in [0.15, 0.2) is 0 Å². The lowest BCUT2D eigenvalue weighted by Crippen LogP contribution is -2.27. The Labute approximate surface area is 110 Å². The minimum atomic E-state index is -1.04. The van der Waals surface area contributed by atoms with Crippen molar-refractivity contribution in [2.24, 2.45) is 0 Å². The number of carboxylic acid groups (broad SMARTS) is 1. The minimum Gasteiger partial charge on any atom is -0.478 e. The number of carbonyl (C=O) groups excluding carboxylic acids is 1. The molecule has 0 saturated carbocycles. The zero-order chi connectivity index (χ0) is 13.7. The first-order valence-corrected chi connectivity index (χ1v) is 5.78. The second-order valence-electron chi connectivity index (χ2n) is 3.79. The minimum absolute atomic E-state index is 0.106. The Bertz CT molecular complexity index is 463. The van der Waals surface area contributed by atoms with Gasteiger partial charge in [0.1, 0.15) is 0 Å². The molecule has 1 aromatic carbocycles. The van der Waals surface area contributed by atoms with Crippen LogP contribution in [-0.2, 0) is 4.79 Å². The number of aromatic carboxylic acids is 1. The number of para-hydroxylation sites is 1. The number of halogens is 1. The molecule has 0 aromatic heterocycles. The van der Waals surface area contributed by atoms with E-state index in [0.29, 0.717) is 17.3 Å². The van der Waals surface area contributed by atoms with E-state index in [1.807, 2.05) is 0 Å². The van der Waals surface area contributed by atoms with Crippen molar-refractivity contribution in [2.75, 3.05) is 25.5 Å². The van der Waals surface area contributed by atoms with Gasteiger partial charge in [-0.1, -0.05) is 17.7 Å². The predicted octanol–water partition coefficient (Wildman–Crippen LogP) is 1.61. The van der Waals surface area contributed by atoms with Crippen molar-refractivity contribution >= 4 is 29.2 Å². The molecule has 0 atom stereocenters. The molecule has 0 spiro atoms. The summed E-state index contributed by atoms with van der Waals surface area (Å²) in [7, 11) is 3.26. The van der Waals surface area contributed by atoms with Crippen LogP contribution in [0.15, 0.2) is 18.2 Å². The molecule has 0 aliphatic rings. The van der Waals surface area contributed by atoms with Gasteiger partial charge in [0.05, 0.1) is 16.3 Å². The van der Waals surface area contributed by atoms with Crippen LogP contribution in [0.2, 0.25) is 5.02 Å². The molecule has 1 aromatic rings. The molecule has 1 rings (SSSR count). The van der Waals surface area contributed by atoms with E-state index in [2.05, 4.69) is 5.32 Å². The van der Waals surface area contributed by atoms with Crippen LogP contribution in [0.3, 0.4) is 0 Å². The molecular formula is C12H15ClN2O3. The zero-order valence-electron chi connectivity index (χ0n) is 10.2. The fraction of sp³-hybridized carbons (Fsp3) is 0.333. The summed E-state index contributed by atoms with van der Waals surface area (Å²) in [4.78, 5) is 23.9. The van der Waals surface area contributed by atoms with E-state index in [1.54, 1.807) is 31.1 Å². The summed E-state index contributed by atoms with van der Waals surface area (Å²) in [6.07, 6.45) is 0.275. The summed E-state index contributed by atoms with van der Waals surface area (Å²) >= 11 is 6.01. The van der Waals surface area contributed by atoms with Gasteiger partial charge in [0.25, 0.3) is 0 Å². The van der Waals surface area contributed by atoms with Crippen LogP contribution in [0.1, 0.15) is 16.8 Å². The number of rotatable bonds is 5. The number of carbonyl (C=O) groups is 2. The molecule has 18 heavy (non-hydrogen) atoms. The Morgan fingerprint density at radius 3 is 2.67 bits per heavy atom. The summed E-state index contributed by atoms with van der Waals surface area (Å²) < 4.78 is 0. The third kappa shape index (κ3) is 3.37. The Hall–Kier alpha value is -1.75. The maximum Gasteiger partial charge on any atom is 0.337 e. The van der Waals surface area contributed by atoms with Gasteiger partial charge in [-0.15, -0.1) is 0 Å². The average Bonchev–Trinajstić information content (AvgIpc) is 2.34. The van der Waals surface area contributed by atoms with Gasteiger partial charge in [-0.05, 0) is 12.1 Å². The molecule has 5 nitrogen and oxygen atoms in total. The molecule has 98 valence electrons.